The van der Waals surface area contributed by atoms with E-state index in [0.29, 0.717) is 6.04 Å². The van der Waals surface area contributed by atoms with Gasteiger partial charge in [0, 0.05) is 19.5 Å². The molecule has 0 spiro atoms. The molecule has 0 saturated heterocycles. The molecule has 0 aliphatic carbocycles. The fraction of sp³-hybridized carbons (Fsp3) is 0.800. The van der Waals surface area contributed by atoms with E-state index >= 15 is 0 Å². The highest BCUT2D eigenvalue weighted by Crippen LogP contribution is 2.30. The van der Waals surface area contributed by atoms with Gasteiger partial charge in [0.05, 0.1) is 16.4 Å². The topological polar surface area (TPSA) is 29.9 Å². The Bertz CT molecular complexity index is 410. The van der Waals surface area contributed by atoms with Crippen LogP contribution in [0.25, 0.3) is 0 Å². The molecule has 0 amide bonds. The van der Waals surface area contributed by atoms with E-state index < -0.39 is 0 Å². The first-order valence-corrected chi connectivity index (χ1v) is 7.68. The Morgan fingerprint density at radius 1 is 1.32 bits per heavy atom. The van der Waals surface area contributed by atoms with Crippen molar-refractivity contribution in [3.63, 3.8) is 0 Å². The molecule has 19 heavy (non-hydrogen) atoms. The lowest BCUT2D eigenvalue weighted by atomic mass is 9.79. The normalized spacial score (nSPS) is 13.8. The van der Waals surface area contributed by atoms with Crippen molar-refractivity contribution in [2.45, 2.75) is 59.9 Å². The summed E-state index contributed by atoms with van der Waals surface area (Å²) >= 11 is 6.46. The predicted molar refractivity (Wildman–Crippen MR) is 82.8 cm³/mol. The van der Waals surface area contributed by atoms with Crippen LogP contribution < -0.4 is 5.32 Å². The average molecular weight is 286 g/mol. The zero-order valence-corrected chi connectivity index (χ0v) is 13.9. The van der Waals surface area contributed by atoms with Gasteiger partial charge in [-0.25, -0.2) is 0 Å². The number of nitrogens with one attached hydrogen (secondary N) is 1. The molecule has 110 valence electrons. The number of hydrogen-bond donors (Lipinski definition) is 1. The fourth-order valence-corrected chi connectivity index (χ4v) is 2.72. The second kappa shape index (κ2) is 6.76. The molecule has 0 fully saturated rings. The van der Waals surface area contributed by atoms with Crippen molar-refractivity contribution in [1.29, 1.82) is 0 Å². The van der Waals surface area contributed by atoms with E-state index in [1.54, 1.807) is 0 Å². The van der Waals surface area contributed by atoms with E-state index in [1.165, 1.54) is 0 Å². The average Bonchev–Trinajstić information content (AvgIpc) is 2.65. The predicted octanol–water partition coefficient (Wildman–Crippen LogP) is 3.59. The molecule has 0 aliphatic heterocycles. The molecule has 1 unspecified atom stereocenters. The van der Waals surface area contributed by atoms with E-state index in [9.17, 15) is 0 Å². The monoisotopic (exact) mass is 285 g/mol. The van der Waals surface area contributed by atoms with Gasteiger partial charge in [-0.15, -0.1) is 0 Å². The van der Waals surface area contributed by atoms with Crippen molar-refractivity contribution in [1.82, 2.24) is 15.1 Å². The zero-order chi connectivity index (χ0) is 14.6. The molecule has 1 heterocycles. The molecule has 0 radical (unpaired) electrons. The van der Waals surface area contributed by atoms with Crippen LogP contribution in [0.3, 0.4) is 0 Å². The molecule has 1 rings (SSSR count). The first-order chi connectivity index (χ1) is 8.87. The number of nitrogens with zero attached hydrogens (tertiary/aromatic N) is 2. The highest BCUT2D eigenvalue weighted by molar-refractivity contribution is 6.31. The highest BCUT2D eigenvalue weighted by Gasteiger charge is 2.29. The molecule has 1 N–H and O–H groups in total. The number of halogens is 1. The number of likely N-dealkylation sites (N-methyl/N-ethyl adjacent to an activating group) is 1. The lowest BCUT2D eigenvalue weighted by Gasteiger charge is -2.34. The molecule has 4 heteroatoms. The summed E-state index contributed by atoms with van der Waals surface area (Å²) in [6.45, 7) is 12.1. The standard InChI is InChI=1S/C15H28ClN3/c1-7-11-14(16)12(19(6)18-11)10-13(17-9-3)15(4,5)8-2/h13,17H,7-10H2,1-6H3. The van der Waals surface area contributed by atoms with Gasteiger partial charge in [0.25, 0.3) is 0 Å². The maximum absolute atomic E-state index is 6.46. The maximum Gasteiger partial charge on any atom is 0.0850 e. The van der Waals surface area contributed by atoms with Crippen molar-refractivity contribution in [3.8, 4) is 0 Å². The summed E-state index contributed by atoms with van der Waals surface area (Å²) in [5, 5.41) is 8.96. The number of aromatic nitrogens is 2. The van der Waals surface area contributed by atoms with Crippen molar-refractivity contribution < 1.29 is 0 Å². The quantitative estimate of drug-likeness (QED) is 0.830. The summed E-state index contributed by atoms with van der Waals surface area (Å²) in [7, 11) is 1.99. The van der Waals surface area contributed by atoms with Crippen molar-refractivity contribution in [3.05, 3.63) is 16.4 Å². The van der Waals surface area contributed by atoms with E-state index in [0.717, 1.165) is 42.2 Å². The summed E-state index contributed by atoms with van der Waals surface area (Å²) < 4.78 is 1.94. The van der Waals surface area contributed by atoms with Gasteiger partial charge in [-0.2, -0.15) is 5.10 Å². The van der Waals surface area contributed by atoms with Gasteiger partial charge in [-0.05, 0) is 24.8 Å². The number of rotatable bonds is 7. The second-order valence-corrected chi connectivity index (χ2v) is 6.22. The van der Waals surface area contributed by atoms with Gasteiger partial charge in [0.1, 0.15) is 0 Å². The minimum Gasteiger partial charge on any atom is -0.313 e. The Morgan fingerprint density at radius 2 is 1.95 bits per heavy atom. The lowest BCUT2D eigenvalue weighted by Crippen LogP contribution is -2.43. The third-order valence-electron chi connectivity index (χ3n) is 4.21. The van der Waals surface area contributed by atoms with E-state index in [2.05, 4.69) is 45.0 Å². The Balaban J connectivity index is 3.00. The molecule has 1 aromatic heterocycles. The third kappa shape index (κ3) is 3.73. The molecule has 0 bridgehead atoms. The maximum atomic E-state index is 6.46. The van der Waals surface area contributed by atoms with E-state index in [4.69, 9.17) is 11.6 Å². The van der Waals surface area contributed by atoms with Gasteiger partial charge < -0.3 is 5.32 Å². The fourth-order valence-electron chi connectivity index (χ4n) is 2.35. The Labute approximate surface area is 122 Å². The molecule has 0 saturated carbocycles. The van der Waals surface area contributed by atoms with Crippen LogP contribution in [0.4, 0.5) is 0 Å². The van der Waals surface area contributed by atoms with Gasteiger partial charge in [0.15, 0.2) is 0 Å². The van der Waals surface area contributed by atoms with Crippen molar-refractivity contribution >= 4 is 11.6 Å². The highest BCUT2D eigenvalue weighted by atomic mass is 35.5. The van der Waals surface area contributed by atoms with Crippen LogP contribution in [-0.4, -0.2) is 22.4 Å². The summed E-state index contributed by atoms with van der Waals surface area (Å²) in [4.78, 5) is 0. The SMILES string of the molecule is CCNC(Cc1c(Cl)c(CC)nn1C)C(C)(C)CC. The van der Waals surface area contributed by atoms with Crippen LogP contribution in [0, 0.1) is 5.41 Å². The molecular formula is C15H28ClN3. The van der Waals surface area contributed by atoms with Crippen LogP contribution >= 0.6 is 11.6 Å². The minimum atomic E-state index is 0.246. The molecule has 1 aromatic rings. The van der Waals surface area contributed by atoms with Crippen LogP contribution in [-0.2, 0) is 19.9 Å². The largest absolute Gasteiger partial charge is 0.313 e. The molecular weight excluding hydrogens is 258 g/mol. The summed E-state index contributed by atoms with van der Waals surface area (Å²) in [5.74, 6) is 0. The van der Waals surface area contributed by atoms with E-state index in [1.807, 2.05) is 11.7 Å². The van der Waals surface area contributed by atoms with Gasteiger partial charge in [-0.1, -0.05) is 46.2 Å². The molecule has 0 aromatic carbocycles. The number of hydrogen-bond acceptors (Lipinski definition) is 2. The zero-order valence-electron chi connectivity index (χ0n) is 13.2. The van der Waals surface area contributed by atoms with Crippen molar-refractivity contribution in [2.75, 3.05) is 6.54 Å². The smallest absolute Gasteiger partial charge is 0.0850 e. The van der Waals surface area contributed by atoms with Crippen molar-refractivity contribution in [2.24, 2.45) is 12.5 Å². The first-order valence-electron chi connectivity index (χ1n) is 7.30. The van der Waals surface area contributed by atoms with Crippen LogP contribution in [0.15, 0.2) is 0 Å². The summed E-state index contributed by atoms with van der Waals surface area (Å²) in [6.07, 6.45) is 2.95. The summed E-state index contributed by atoms with van der Waals surface area (Å²) in [5.41, 5.74) is 2.39. The summed E-state index contributed by atoms with van der Waals surface area (Å²) in [6, 6.07) is 0.417. The van der Waals surface area contributed by atoms with Gasteiger partial charge in [-0.3, -0.25) is 4.68 Å². The van der Waals surface area contributed by atoms with Crippen LogP contribution in [0.2, 0.25) is 5.02 Å². The lowest BCUT2D eigenvalue weighted by molar-refractivity contribution is 0.230. The Hall–Kier alpha value is -0.540. The molecule has 1 atom stereocenters. The minimum absolute atomic E-state index is 0.246. The Kier molecular flexibility index (Phi) is 5.87. The van der Waals surface area contributed by atoms with Crippen LogP contribution in [0.5, 0.6) is 0 Å². The second-order valence-electron chi connectivity index (χ2n) is 5.84. The van der Waals surface area contributed by atoms with Gasteiger partial charge in [0.2, 0.25) is 0 Å². The Morgan fingerprint density at radius 3 is 2.37 bits per heavy atom. The van der Waals surface area contributed by atoms with Crippen LogP contribution in [0.1, 0.15) is 52.4 Å². The molecule has 3 nitrogen and oxygen atoms in total. The van der Waals surface area contributed by atoms with Gasteiger partial charge >= 0.3 is 0 Å². The van der Waals surface area contributed by atoms with E-state index in [-0.39, 0.29) is 5.41 Å². The number of aryl methyl sites for hydroxylation is 2. The third-order valence-corrected chi connectivity index (χ3v) is 4.64. The molecule has 0 aliphatic rings. The first kappa shape index (κ1) is 16.5.